The van der Waals surface area contributed by atoms with E-state index in [0.29, 0.717) is 19.4 Å². The topological polar surface area (TPSA) is 29.1 Å². The van der Waals surface area contributed by atoms with E-state index in [0.717, 1.165) is 17.7 Å². The van der Waals surface area contributed by atoms with Crippen LogP contribution in [0.2, 0.25) is 0 Å². The molecule has 2 nitrogen and oxygen atoms in total. The normalized spacial score (nSPS) is 10.4. The number of carbonyl (C=O) groups is 1. The van der Waals surface area contributed by atoms with Crippen LogP contribution >= 0.6 is 11.8 Å². The van der Waals surface area contributed by atoms with E-state index >= 15 is 0 Å². The highest BCUT2D eigenvalue weighted by atomic mass is 32.2. The van der Waals surface area contributed by atoms with Crippen LogP contribution < -0.4 is 5.32 Å². The summed E-state index contributed by atoms with van der Waals surface area (Å²) in [5.74, 6) is 0.749. The van der Waals surface area contributed by atoms with E-state index in [-0.39, 0.29) is 11.7 Å². The monoisotopic (exact) mass is 317 g/mol. The van der Waals surface area contributed by atoms with E-state index in [9.17, 15) is 9.18 Å². The number of thioether (sulfide) groups is 1. The Kier molecular flexibility index (Phi) is 6.97. The maximum atomic E-state index is 13.0. The molecule has 1 amide bonds. The molecule has 22 heavy (non-hydrogen) atoms. The first-order valence-electron chi connectivity index (χ1n) is 7.43. The second kappa shape index (κ2) is 9.26. The summed E-state index contributed by atoms with van der Waals surface area (Å²) in [5.41, 5.74) is 0.856. The Bertz CT molecular complexity index is 589. The molecular formula is C18H20FNOS. The average molecular weight is 317 g/mol. The minimum absolute atomic E-state index is 0.0222. The summed E-state index contributed by atoms with van der Waals surface area (Å²) in [6.45, 7) is 0.682. The number of hydrogen-bond acceptors (Lipinski definition) is 2. The van der Waals surface area contributed by atoms with Crippen molar-refractivity contribution in [3.8, 4) is 0 Å². The maximum absolute atomic E-state index is 13.0. The molecule has 0 aromatic heterocycles. The molecule has 0 aliphatic heterocycles. The van der Waals surface area contributed by atoms with Crippen LogP contribution in [0, 0.1) is 5.82 Å². The number of rotatable bonds is 8. The van der Waals surface area contributed by atoms with Gasteiger partial charge in [-0.2, -0.15) is 0 Å². The van der Waals surface area contributed by atoms with Crippen LogP contribution in [0.1, 0.15) is 18.4 Å². The van der Waals surface area contributed by atoms with Crippen molar-refractivity contribution in [3.63, 3.8) is 0 Å². The molecule has 0 saturated heterocycles. The number of benzene rings is 2. The third-order valence-electron chi connectivity index (χ3n) is 3.18. The predicted molar refractivity (Wildman–Crippen MR) is 89.5 cm³/mol. The lowest BCUT2D eigenvalue weighted by Gasteiger charge is -2.06. The molecule has 0 unspecified atom stereocenters. The minimum atomic E-state index is -0.254. The van der Waals surface area contributed by atoms with E-state index < -0.39 is 0 Å². The maximum Gasteiger partial charge on any atom is 0.220 e. The van der Waals surface area contributed by atoms with Crippen molar-refractivity contribution in [1.82, 2.24) is 5.32 Å². The molecule has 0 radical (unpaired) electrons. The fourth-order valence-corrected chi connectivity index (χ4v) is 2.92. The van der Waals surface area contributed by atoms with Crippen molar-refractivity contribution in [2.24, 2.45) is 0 Å². The highest BCUT2D eigenvalue weighted by Crippen LogP contribution is 2.17. The van der Waals surface area contributed by atoms with Gasteiger partial charge in [0.1, 0.15) is 5.82 Å². The molecule has 1 N–H and O–H groups in total. The molecule has 2 rings (SSSR count). The van der Waals surface area contributed by atoms with Crippen LogP contribution in [0.3, 0.4) is 0 Å². The molecule has 0 saturated carbocycles. The highest BCUT2D eigenvalue weighted by molar-refractivity contribution is 7.99. The van der Waals surface area contributed by atoms with Gasteiger partial charge in [-0.1, -0.05) is 30.3 Å². The number of hydrogen-bond donors (Lipinski definition) is 1. The molecule has 0 heterocycles. The van der Waals surface area contributed by atoms with Crippen molar-refractivity contribution in [2.45, 2.75) is 24.2 Å². The summed E-state index contributed by atoms with van der Waals surface area (Å²) in [7, 11) is 0. The molecule has 0 aliphatic carbocycles. The van der Waals surface area contributed by atoms with Crippen molar-refractivity contribution in [2.75, 3.05) is 12.3 Å². The summed E-state index contributed by atoms with van der Waals surface area (Å²) in [4.78, 5) is 13.0. The predicted octanol–water partition coefficient (Wildman–Crippen LogP) is 4.06. The highest BCUT2D eigenvalue weighted by Gasteiger charge is 2.02. The first kappa shape index (κ1) is 16.6. The lowest BCUT2D eigenvalue weighted by Crippen LogP contribution is -2.24. The van der Waals surface area contributed by atoms with Gasteiger partial charge in [0.15, 0.2) is 0 Å². The zero-order valence-electron chi connectivity index (χ0n) is 12.4. The third kappa shape index (κ3) is 6.31. The van der Waals surface area contributed by atoms with Gasteiger partial charge in [-0.05, 0) is 48.4 Å². The summed E-state index contributed by atoms with van der Waals surface area (Å²) >= 11 is 1.79. The van der Waals surface area contributed by atoms with Crippen LogP contribution in [0.15, 0.2) is 59.5 Å². The molecule has 0 fully saturated rings. The Morgan fingerprint density at radius 1 is 1.09 bits per heavy atom. The van der Waals surface area contributed by atoms with Gasteiger partial charge < -0.3 is 5.32 Å². The van der Waals surface area contributed by atoms with E-state index in [1.807, 2.05) is 24.3 Å². The van der Waals surface area contributed by atoms with Crippen LogP contribution in [-0.2, 0) is 11.2 Å². The Morgan fingerprint density at radius 3 is 2.68 bits per heavy atom. The van der Waals surface area contributed by atoms with Crippen molar-refractivity contribution in [3.05, 3.63) is 66.0 Å². The standard InChI is InChI=1S/C18H20FNOS/c19-16-7-4-6-15(14-16)10-11-18(21)20-12-5-13-22-17-8-2-1-3-9-17/h1-4,6-9,14H,5,10-13H2,(H,20,21). The summed E-state index contributed by atoms with van der Waals surface area (Å²) < 4.78 is 13.0. The van der Waals surface area contributed by atoms with Gasteiger partial charge >= 0.3 is 0 Å². The fourth-order valence-electron chi connectivity index (χ4n) is 2.05. The summed E-state index contributed by atoms with van der Waals surface area (Å²) in [5, 5.41) is 2.91. The lowest BCUT2D eigenvalue weighted by atomic mass is 10.1. The van der Waals surface area contributed by atoms with Gasteiger partial charge in [-0.25, -0.2) is 4.39 Å². The Labute approximate surface area is 135 Å². The van der Waals surface area contributed by atoms with E-state index in [1.54, 1.807) is 17.8 Å². The molecule has 0 bridgehead atoms. The molecule has 4 heteroatoms. The van der Waals surface area contributed by atoms with Crippen molar-refractivity contribution >= 4 is 17.7 Å². The van der Waals surface area contributed by atoms with Gasteiger partial charge in [0.05, 0.1) is 0 Å². The number of aryl methyl sites for hydroxylation is 1. The minimum Gasteiger partial charge on any atom is -0.356 e. The molecule has 2 aromatic carbocycles. The molecular weight excluding hydrogens is 297 g/mol. The van der Waals surface area contributed by atoms with Crippen LogP contribution in [0.25, 0.3) is 0 Å². The van der Waals surface area contributed by atoms with E-state index in [2.05, 4.69) is 17.4 Å². The van der Waals surface area contributed by atoms with Gasteiger partial charge in [-0.15, -0.1) is 11.8 Å². The summed E-state index contributed by atoms with van der Waals surface area (Å²) in [6.07, 6.45) is 1.91. The molecule has 0 aliphatic rings. The first-order valence-corrected chi connectivity index (χ1v) is 8.41. The largest absolute Gasteiger partial charge is 0.356 e. The lowest BCUT2D eigenvalue weighted by molar-refractivity contribution is -0.121. The zero-order valence-corrected chi connectivity index (χ0v) is 13.2. The zero-order chi connectivity index (χ0) is 15.6. The molecule has 0 spiro atoms. The van der Waals surface area contributed by atoms with Crippen LogP contribution in [0.4, 0.5) is 4.39 Å². The third-order valence-corrected chi connectivity index (χ3v) is 4.28. The second-order valence-corrected chi connectivity index (χ2v) is 6.16. The van der Waals surface area contributed by atoms with E-state index in [1.165, 1.54) is 17.0 Å². The Morgan fingerprint density at radius 2 is 1.91 bits per heavy atom. The summed E-state index contributed by atoms with van der Waals surface area (Å²) in [6, 6.07) is 16.6. The Balaban J connectivity index is 1.56. The Hall–Kier alpha value is -1.81. The second-order valence-electron chi connectivity index (χ2n) is 4.99. The van der Waals surface area contributed by atoms with Gasteiger partial charge in [0.25, 0.3) is 0 Å². The van der Waals surface area contributed by atoms with Crippen LogP contribution in [-0.4, -0.2) is 18.2 Å². The quantitative estimate of drug-likeness (QED) is 0.588. The number of carbonyl (C=O) groups excluding carboxylic acids is 1. The SMILES string of the molecule is O=C(CCc1cccc(F)c1)NCCCSc1ccccc1. The molecule has 0 atom stereocenters. The van der Waals surface area contributed by atoms with Crippen molar-refractivity contribution in [1.29, 1.82) is 0 Å². The average Bonchev–Trinajstić information content (AvgIpc) is 2.54. The fraction of sp³-hybridized carbons (Fsp3) is 0.278. The number of amides is 1. The molecule has 116 valence electrons. The first-order chi connectivity index (χ1) is 10.7. The van der Waals surface area contributed by atoms with Gasteiger partial charge in [0, 0.05) is 17.9 Å². The van der Waals surface area contributed by atoms with Crippen molar-refractivity contribution < 1.29 is 9.18 Å². The van der Waals surface area contributed by atoms with E-state index in [4.69, 9.17) is 0 Å². The number of nitrogens with one attached hydrogen (secondary N) is 1. The number of halogens is 1. The smallest absolute Gasteiger partial charge is 0.220 e. The molecule has 2 aromatic rings. The van der Waals surface area contributed by atoms with Gasteiger partial charge in [0.2, 0.25) is 5.91 Å². The van der Waals surface area contributed by atoms with Crippen LogP contribution in [0.5, 0.6) is 0 Å². The van der Waals surface area contributed by atoms with Gasteiger partial charge in [-0.3, -0.25) is 4.79 Å².